The second-order valence-electron chi connectivity index (χ2n) is 9.48. The van der Waals surface area contributed by atoms with E-state index in [1.165, 1.54) is 42.5 Å². The van der Waals surface area contributed by atoms with Crippen LogP contribution in [-0.4, -0.2) is 50.0 Å². The number of para-hydroxylation sites is 2. The standard InChI is InChI=1S/C26H22BrF3N4O7S2/c27-17-5-1-4-8-21(17)43(39,40)34(41-25(36)26(28,29)30)20(24-31-18-6-2-3-7-19(18)32-24)13-15-9-11-16(12-10-15)22-14-23(35)33-42(22,37)38/h1-12,20,22,37-38H,13-14H2,(H,31,32)(H,33,35)/t20-,22?/m0/s1. The number of sulfonamides is 1. The Labute approximate surface area is 252 Å². The highest BCUT2D eigenvalue weighted by molar-refractivity contribution is 9.10. The topological polar surface area (TPSA) is 162 Å². The molecule has 0 radical (unpaired) electrons. The van der Waals surface area contributed by atoms with Crippen LogP contribution in [0.15, 0.2) is 82.2 Å². The molecule has 1 aliphatic rings. The third kappa shape index (κ3) is 6.41. The van der Waals surface area contributed by atoms with Crippen LogP contribution in [0, 0.1) is 0 Å². The summed E-state index contributed by atoms with van der Waals surface area (Å²) in [4.78, 5) is 35.3. The van der Waals surface area contributed by atoms with Crippen LogP contribution < -0.4 is 4.72 Å². The third-order valence-corrected chi connectivity index (χ3v) is 11.0. The first kappa shape index (κ1) is 31.0. The Hall–Kier alpha value is -3.48. The second kappa shape index (κ2) is 11.5. The summed E-state index contributed by atoms with van der Waals surface area (Å²) >= 11 is 3.10. The van der Waals surface area contributed by atoms with Crippen LogP contribution >= 0.6 is 26.7 Å². The van der Waals surface area contributed by atoms with Crippen LogP contribution in [0.25, 0.3) is 11.0 Å². The van der Waals surface area contributed by atoms with Crippen LogP contribution in [0.3, 0.4) is 0 Å². The Bertz CT molecular complexity index is 1770. The minimum atomic E-state index is -5.53. The summed E-state index contributed by atoms with van der Waals surface area (Å²) in [6.07, 6.45) is -6.04. The molecule has 1 fully saturated rings. The molecule has 0 aliphatic carbocycles. The molecule has 1 aromatic heterocycles. The van der Waals surface area contributed by atoms with Crippen molar-refractivity contribution in [1.82, 2.24) is 19.2 Å². The molecular formula is C26H22BrF3N4O7S2. The maximum absolute atomic E-state index is 13.9. The Balaban J connectivity index is 1.61. The molecule has 4 aromatic rings. The van der Waals surface area contributed by atoms with Crippen molar-refractivity contribution in [2.75, 3.05) is 0 Å². The number of rotatable bonds is 8. The van der Waals surface area contributed by atoms with Crippen LogP contribution in [0.5, 0.6) is 0 Å². The fourth-order valence-corrected chi connectivity index (χ4v) is 8.34. The Morgan fingerprint density at radius 3 is 2.35 bits per heavy atom. The van der Waals surface area contributed by atoms with Crippen molar-refractivity contribution in [2.24, 2.45) is 0 Å². The number of halogens is 4. The number of aromatic nitrogens is 2. The highest BCUT2D eigenvalue weighted by atomic mass is 79.9. The second-order valence-corrected chi connectivity index (χ2v) is 14.0. The summed E-state index contributed by atoms with van der Waals surface area (Å²) in [7, 11) is -8.41. The van der Waals surface area contributed by atoms with E-state index in [0.29, 0.717) is 22.2 Å². The van der Waals surface area contributed by atoms with Gasteiger partial charge in [-0.1, -0.05) is 48.5 Å². The number of aromatic amines is 1. The zero-order valence-corrected chi connectivity index (χ0v) is 24.9. The normalized spacial score (nSPS) is 18.4. The van der Waals surface area contributed by atoms with Crippen molar-refractivity contribution >= 4 is 59.6 Å². The zero-order valence-electron chi connectivity index (χ0n) is 21.7. The summed E-state index contributed by atoms with van der Waals surface area (Å²) in [6, 6.07) is 16.2. The molecule has 17 heteroatoms. The van der Waals surface area contributed by atoms with E-state index in [0.717, 1.165) is 6.07 Å². The molecule has 11 nitrogen and oxygen atoms in total. The summed E-state index contributed by atoms with van der Waals surface area (Å²) in [5, 5.41) is -0.930. The minimum absolute atomic E-state index is 0.00878. The quantitative estimate of drug-likeness (QED) is 0.174. The monoisotopic (exact) mass is 702 g/mol. The highest BCUT2D eigenvalue weighted by Gasteiger charge is 2.47. The van der Waals surface area contributed by atoms with Gasteiger partial charge in [-0.05, 0) is 62.2 Å². The van der Waals surface area contributed by atoms with Crippen molar-refractivity contribution < 1.29 is 45.1 Å². The number of H-pyrrole nitrogens is 1. The molecular weight excluding hydrogens is 681 g/mol. The first-order chi connectivity index (χ1) is 20.2. The van der Waals surface area contributed by atoms with Crippen LogP contribution in [0.4, 0.5) is 13.2 Å². The lowest BCUT2D eigenvalue weighted by Crippen LogP contribution is -2.42. The fraction of sp³-hybridized carbons (Fsp3) is 0.192. The number of carbonyl (C=O) groups excluding carboxylic acids is 2. The van der Waals surface area contributed by atoms with Gasteiger partial charge in [0.15, 0.2) is 0 Å². The first-order valence-electron chi connectivity index (χ1n) is 12.4. The Morgan fingerprint density at radius 2 is 1.74 bits per heavy atom. The summed E-state index contributed by atoms with van der Waals surface area (Å²) in [6.45, 7) is 0. The number of nitrogens with zero attached hydrogens (tertiary/aromatic N) is 2. The lowest BCUT2D eigenvalue weighted by molar-refractivity contribution is -0.227. The highest BCUT2D eigenvalue weighted by Crippen LogP contribution is 2.56. The number of nitrogens with one attached hydrogen (secondary N) is 2. The molecule has 1 amide bonds. The average Bonchev–Trinajstić information content (AvgIpc) is 3.49. The molecule has 228 valence electrons. The number of imidazole rings is 1. The molecule has 4 N–H and O–H groups in total. The first-order valence-corrected chi connectivity index (χ1v) is 16.2. The lowest BCUT2D eigenvalue weighted by atomic mass is 10.0. The molecule has 1 aliphatic heterocycles. The predicted molar refractivity (Wildman–Crippen MR) is 153 cm³/mol. The number of fused-ring (bicyclic) bond motifs is 1. The number of hydrogen-bond donors (Lipinski definition) is 4. The van der Waals surface area contributed by atoms with E-state index in [4.69, 9.17) is 0 Å². The van der Waals surface area contributed by atoms with Crippen molar-refractivity contribution in [3.8, 4) is 0 Å². The maximum atomic E-state index is 13.9. The molecule has 2 heterocycles. The maximum Gasteiger partial charge on any atom is 0.492 e. The molecule has 1 saturated heterocycles. The zero-order chi connectivity index (χ0) is 31.2. The SMILES string of the molecule is O=C1CC(c2ccc(C[C@@H](c3nc4ccccc4[nH]3)N(OC(=O)C(F)(F)F)S(=O)(=O)c3ccccc3Br)cc2)S(O)(O)N1. The number of carbonyl (C=O) groups is 2. The molecule has 0 bridgehead atoms. The van der Waals surface area contributed by atoms with Gasteiger partial charge >= 0.3 is 12.1 Å². The van der Waals surface area contributed by atoms with E-state index in [9.17, 15) is 40.3 Å². The average molecular weight is 704 g/mol. The summed E-state index contributed by atoms with van der Waals surface area (Å²) in [5.41, 5.74) is 1.57. The van der Waals surface area contributed by atoms with E-state index in [2.05, 4.69) is 35.5 Å². The van der Waals surface area contributed by atoms with Crippen LogP contribution in [0.2, 0.25) is 0 Å². The Morgan fingerprint density at radius 1 is 1.09 bits per heavy atom. The predicted octanol–water partition coefficient (Wildman–Crippen LogP) is 5.55. The van der Waals surface area contributed by atoms with Gasteiger partial charge in [-0.3, -0.25) is 18.6 Å². The number of hydroxylamine groups is 1. The van der Waals surface area contributed by atoms with Gasteiger partial charge in [0, 0.05) is 4.47 Å². The Kier molecular flexibility index (Phi) is 8.32. The van der Waals surface area contributed by atoms with Crippen molar-refractivity contribution in [1.29, 1.82) is 0 Å². The minimum Gasteiger partial charge on any atom is -0.344 e. The van der Waals surface area contributed by atoms with E-state index in [-0.39, 0.29) is 27.6 Å². The number of hydrogen-bond acceptors (Lipinski definition) is 8. The van der Waals surface area contributed by atoms with E-state index >= 15 is 0 Å². The molecule has 3 aromatic carbocycles. The van der Waals surface area contributed by atoms with E-state index < -0.39 is 55.0 Å². The van der Waals surface area contributed by atoms with Crippen LogP contribution in [0.1, 0.15) is 34.7 Å². The van der Waals surface area contributed by atoms with Gasteiger partial charge in [-0.25, -0.2) is 18.2 Å². The third-order valence-electron chi connectivity index (χ3n) is 6.55. The lowest BCUT2D eigenvalue weighted by Gasteiger charge is -2.33. The van der Waals surface area contributed by atoms with Crippen molar-refractivity contribution in [3.05, 3.63) is 94.2 Å². The van der Waals surface area contributed by atoms with Crippen LogP contribution in [-0.2, 0) is 30.9 Å². The summed E-state index contributed by atoms with van der Waals surface area (Å²) in [5.74, 6) is -3.42. The number of alkyl halides is 3. The molecule has 1 unspecified atom stereocenters. The molecule has 0 saturated carbocycles. The van der Waals surface area contributed by atoms with Crippen molar-refractivity contribution in [2.45, 2.75) is 35.2 Å². The fourth-order valence-electron chi connectivity index (χ4n) is 4.53. The van der Waals surface area contributed by atoms with Gasteiger partial charge in [0.05, 0.1) is 22.3 Å². The summed E-state index contributed by atoms with van der Waals surface area (Å²) < 4.78 is 90.6. The number of amides is 1. The molecule has 0 spiro atoms. The molecule has 43 heavy (non-hydrogen) atoms. The van der Waals surface area contributed by atoms with Gasteiger partial charge in [0.1, 0.15) is 17.1 Å². The van der Waals surface area contributed by atoms with E-state index in [1.807, 2.05) is 0 Å². The van der Waals surface area contributed by atoms with Crippen molar-refractivity contribution in [3.63, 3.8) is 0 Å². The van der Waals surface area contributed by atoms with Gasteiger partial charge in [0.25, 0.3) is 10.0 Å². The van der Waals surface area contributed by atoms with E-state index in [1.54, 1.807) is 24.3 Å². The van der Waals surface area contributed by atoms with Gasteiger partial charge in [-0.15, -0.1) is 10.8 Å². The van der Waals surface area contributed by atoms with Gasteiger partial charge in [0.2, 0.25) is 5.91 Å². The molecule has 5 rings (SSSR count). The number of benzene rings is 3. The molecule has 2 atom stereocenters. The smallest absolute Gasteiger partial charge is 0.344 e. The van der Waals surface area contributed by atoms with Gasteiger partial charge < -0.3 is 9.82 Å². The van der Waals surface area contributed by atoms with Gasteiger partial charge in [-0.2, -0.15) is 13.2 Å². The largest absolute Gasteiger partial charge is 0.492 e.